The molecule has 1 fully saturated rings. The Morgan fingerprint density at radius 3 is 2.55 bits per heavy atom. The van der Waals surface area contributed by atoms with Crippen LogP contribution < -0.4 is 5.32 Å². The van der Waals surface area contributed by atoms with Crippen molar-refractivity contribution in [1.82, 2.24) is 5.32 Å². The first kappa shape index (κ1) is 8.97. The van der Waals surface area contributed by atoms with Gasteiger partial charge in [0.15, 0.2) is 0 Å². The van der Waals surface area contributed by atoms with Gasteiger partial charge in [-0.1, -0.05) is 0 Å². The lowest BCUT2D eigenvalue weighted by molar-refractivity contribution is 0.0533. The van der Waals surface area contributed by atoms with Crippen LogP contribution in [0.25, 0.3) is 0 Å². The fraction of sp³-hybridized carbons (Fsp3) is 1.00. The van der Waals surface area contributed by atoms with E-state index in [-0.39, 0.29) is 12.1 Å². The molecule has 2 N–H and O–H groups in total. The van der Waals surface area contributed by atoms with Gasteiger partial charge in [-0.15, -0.1) is 0 Å². The zero-order valence-corrected chi connectivity index (χ0v) is 7.26. The van der Waals surface area contributed by atoms with E-state index in [4.69, 9.17) is 4.74 Å². The molecule has 0 saturated heterocycles. The summed E-state index contributed by atoms with van der Waals surface area (Å²) >= 11 is 0. The molecule has 0 radical (unpaired) electrons. The number of aliphatic hydroxyl groups excluding tert-OH is 1. The normalized spacial score (nSPS) is 23.2. The highest BCUT2D eigenvalue weighted by atomic mass is 16.5. The minimum Gasteiger partial charge on any atom is -0.394 e. The highest BCUT2D eigenvalue weighted by molar-refractivity contribution is 5.00. The van der Waals surface area contributed by atoms with Gasteiger partial charge in [0.25, 0.3) is 0 Å². The minimum atomic E-state index is -0.172. The van der Waals surface area contributed by atoms with E-state index in [0.29, 0.717) is 12.5 Å². The second-order valence-corrected chi connectivity index (χ2v) is 3.27. The van der Waals surface area contributed by atoms with Crippen LogP contribution in [0.15, 0.2) is 0 Å². The standard InChI is InChI=1S/C8H17NO2/c1-9-8(5-10,6-11-2)7-3-4-7/h7,9-10H,3-6H2,1-2H3. The van der Waals surface area contributed by atoms with Gasteiger partial charge in [0, 0.05) is 7.11 Å². The zero-order chi connectivity index (χ0) is 8.32. The van der Waals surface area contributed by atoms with E-state index in [1.54, 1.807) is 7.11 Å². The number of nitrogens with one attached hydrogen (secondary N) is 1. The maximum Gasteiger partial charge on any atom is 0.0676 e. The molecule has 0 aliphatic heterocycles. The van der Waals surface area contributed by atoms with Crippen LogP contribution in [-0.4, -0.2) is 38.0 Å². The smallest absolute Gasteiger partial charge is 0.0676 e. The second kappa shape index (κ2) is 3.52. The molecule has 11 heavy (non-hydrogen) atoms. The Kier molecular flexibility index (Phi) is 2.87. The first-order valence-electron chi connectivity index (χ1n) is 4.08. The maximum absolute atomic E-state index is 9.18. The average molecular weight is 159 g/mol. The Hall–Kier alpha value is -0.120. The third-order valence-electron chi connectivity index (χ3n) is 2.54. The molecule has 1 aliphatic carbocycles. The van der Waals surface area contributed by atoms with E-state index in [1.807, 2.05) is 7.05 Å². The van der Waals surface area contributed by atoms with Gasteiger partial charge in [0.05, 0.1) is 18.8 Å². The Balaban J connectivity index is 2.50. The SMILES string of the molecule is CNC(CO)(COC)C1CC1. The first-order valence-corrected chi connectivity index (χ1v) is 4.08. The van der Waals surface area contributed by atoms with E-state index >= 15 is 0 Å². The number of methoxy groups -OCH3 is 1. The lowest BCUT2D eigenvalue weighted by atomic mass is 9.96. The Morgan fingerprint density at radius 1 is 1.64 bits per heavy atom. The molecule has 1 saturated carbocycles. The summed E-state index contributed by atoms with van der Waals surface area (Å²) in [7, 11) is 3.55. The van der Waals surface area contributed by atoms with E-state index < -0.39 is 0 Å². The fourth-order valence-corrected chi connectivity index (χ4v) is 1.54. The van der Waals surface area contributed by atoms with Gasteiger partial charge in [0.2, 0.25) is 0 Å². The Bertz CT molecular complexity index is 119. The summed E-state index contributed by atoms with van der Waals surface area (Å²) in [5, 5.41) is 12.3. The van der Waals surface area contributed by atoms with E-state index in [1.165, 1.54) is 12.8 Å². The van der Waals surface area contributed by atoms with Crippen molar-refractivity contribution >= 4 is 0 Å². The highest BCUT2D eigenvalue weighted by Gasteiger charge is 2.43. The largest absolute Gasteiger partial charge is 0.394 e. The molecule has 0 heterocycles. The van der Waals surface area contributed by atoms with Crippen molar-refractivity contribution in [3.05, 3.63) is 0 Å². The second-order valence-electron chi connectivity index (χ2n) is 3.27. The zero-order valence-electron chi connectivity index (χ0n) is 7.26. The summed E-state index contributed by atoms with van der Waals surface area (Å²) < 4.78 is 5.07. The van der Waals surface area contributed by atoms with E-state index in [2.05, 4.69) is 5.32 Å². The van der Waals surface area contributed by atoms with Crippen LogP contribution in [0, 0.1) is 5.92 Å². The van der Waals surface area contributed by atoms with Crippen LogP contribution in [0.3, 0.4) is 0 Å². The summed E-state index contributed by atoms with van der Waals surface area (Å²) in [5.74, 6) is 0.609. The molecule has 0 aromatic rings. The van der Waals surface area contributed by atoms with E-state index in [9.17, 15) is 5.11 Å². The van der Waals surface area contributed by atoms with Gasteiger partial charge in [-0.3, -0.25) is 0 Å². The Morgan fingerprint density at radius 2 is 2.27 bits per heavy atom. The van der Waals surface area contributed by atoms with Crippen molar-refractivity contribution in [2.75, 3.05) is 27.4 Å². The first-order chi connectivity index (χ1) is 5.29. The number of hydrogen-bond donors (Lipinski definition) is 2. The quantitative estimate of drug-likeness (QED) is 0.593. The van der Waals surface area contributed by atoms with Gasteiger partial charge in [-0.25, -0.2) is 0 Å². The molecular formula is C8H17NO2. The lowest BCUT2D eigenvalue weighted by Gasteiger charge is -2.30. The lowest BCUT2D eigenvalue weighted by Crippen LogP contribution is -2.52. The van der Waals surface area contributed by atoms with Gasteiger partial charge < -0.3 is 15.2 Å². The molecule has 66 valence electrons. The molecule has 0 amide bonds. The number of aliphatic hydroxyl groups is 1. The summed E-state index contributed by atoms with van der Waals surface area (Å²) in [5.41, 5.74) is -0.172. The number of hydrogen-bond acceptors (Lipinski definition) is 3. The predicted octanol–water partition coefficient (Wildman–Crippen LogP) is -0.00670. The van der Waals surface area contributed by atoms with Crippen molar-refractivity contribution in [2.45, 2.75) is 18.4 Å². The number of rotatable bonds is 5. The molecule has 1 rings (SSSR count). The molecule has 3 nitrogen and oxygen atoms in total. The number of likely N-dealkylation sites (N-methyl/N-ethyl adjacent to an activating group) is 1. The molecule has 1 aliphatic rings. The minimum absolute atomic E-state index is 0.169. The third-order valence-corrected chi connectivity index (χ3v) is 2.54. The van der Waals surface area contributed by atoms with Crippen LogP contribution in [-0.2, 0) is 4.74 Å². The Labute approximate surface area is 67.7 Å². The monoisotopic (exact) mass is 159 g/mol. The van der Waals surface area contributed by atoms with Crippen LogP contribution in [0.2, 0.25) is 0 Å². The van der Waals surface area contributed by atoms with Gasteiger partial charge in [-0.05, 0) is 25.8 Å². The molecule has 0 aromatic heterocycles. The summed E-state index contributed by atoms with van der Waals surface area (Å²) in [4.78, 5) is 0. The van der Waals surface area contributed by atoms with E-state index in [0.717, 1.165) is 0 Å². The van der Waals surface area contributed by atoms with Crippen molar-refractivity contribution in [1.29, 1.82) is 0 Å². The molecule has 1 atom stereocenters. The van der Waals surface area contributed by atoms with Crippen molar-refractivity contribution in [3.63, 3.8) is 0 Å². The summed E-state index contributed by atoms with van der Waals surface area (Å²) in [6.07, 6.45) is 2.43. The highest BCUT2D eigenvalue weighted by Crippen LogP contribution is 2.39. The van der Waals surface area contributed by atoms with Gasteiger partial charge >= 0.3 is 0 Å². The van der Waals surface area contributed by atoms with Crippen LogP contribution >= 0.6 is 0 Å². The fourth-order valence-electron chi connectivity index (χ4n) is 1.54. The molecular weight excluding hydrogens is 142 g/mol. The van der Waals surface area contributed by atoms with Gasteiger partial charge in [-0.2, -0.15) is 0 Å². The summed E-state index contributed by atoms with van der Waals surface area (Å²) in [6, 6.07) is 0. The maximum atomic E-state index is 9.18. The van der Waals surface area contributed by atoms with Crippen molar-refractivity contribution in [2.24, 2.45) is 5.92 Å². The molecule has 0 spiro atoms. The van der Waals surface area contributed by atoms with Gasteiger partial charge in [0.1, 0.15) is 0 Å². The number of ether oxygens (including phenoxy) is 1. The molecule has 0 aromatic carbocycles. The average Bonchev–Trinajstić information content (AvgIpc) is 2.83. The molecule has 1 unspecified atom stereocenters. The van der Waals surface area contributed by atoms with Crippen molar-refractivity contribution in [3.8, 4) is 0 Å². The summed E-state index contributed by atoms with van der Waals surface area (Å²) in [6.45, 7) is 0.771. The third kappa shape index (κ3) is 1.72. The molecule has 3 heteroatoms. The van der Waals surface area contributed by atoms with Crippen LogP contribution in [0.1, 0.15) is 12.8 Å². The van der Waals surface area contributed by atoms with Crippen molar-refractivity contribution < 1.29 is 9.84 Å². The van der Waals surface area contributed by atoms with Crippen LogP contribution in [0.5, 0.6) is 0 Å². The molecule has 0 bridgehead atoms. The predicted molar refractivity (Wildman–Crippen MR) is 43.5 cm³/mol. The topological polar surface area (TPSA) is 41.5 Å². The van der Waals surface area contributed by atoms with Crippen LogP contribution in [0.4, 0.5) is 0 Å².